The molecule has 3 aromatic heterocycles. The predicted molar refractivity (Wildman–Crippen MR) is 107 cm³/mol. The van der Waals surface area contributed by atoms with Crippen LogP contribution < -0.4 is 9.64 Å². The van der Waals surface area contributed by atoms with Gasteiger partial charge in [0.2, 0.25) is 0 Å². The zero-order valence-corrected chi connectivity index (χ0v) is 15.8. The third kappa shape index (κ3) is 3.23. The number of anilines is 2. The van der Waals surface area contributed by atoms with E-state index in [9.17, 15) is 0 Å². The van der Waals surface area contributed by atoms with Crippen LogP contribution in [0.1, 0.15) is 11.3 Å². The molecule has 0 unspecified atom stereocenters. The van der Waals surface area contributed by atoms with E-state index in [1.807, 2.05) is 60.8 Å². The summed E-state index contributed by atoms with van der Waals surface area (Å²) in [5.41, 5.74) is 4.34. The molecule has 4 rings (SSSR count). The van der Waals surface area contributed by atoms with E-state index in [0.29, 0.717) is 17.2 Å². The van der Waals surface area contributed by atoms with Crippen LogP contribution in [0.5, 0.6) is 11.5 Å². The lowest BCUT2D eigenvalue weighted by Crippen LogP contribution is -2.12. The van der Waals surface area contributed by atoms with E-state index in [-0.39, 0.29) is 0 Å². The van der Waals surface area contributed by atoms with E-state index in [0.717, 1.165) is 28.1 Å². The van der Waals surface area contributed by atoms with E-state index in [2.05, 4.69) is 15.0 Å². The molecule has 0 aliphatic carbocycles. The normalized spacial score (nSPS) is 10.6. The Labute approximate surface area is 162 Å². The minimum Gasteiger partial charge on any atom is -0.456 e. The van der Waals surface area contributed by atoms with Gasteiger partial charge in [0.25, 0.3) is 0 Å². The Bertz CT molecular complexity index is 1190. The predicted octanol–water partition coefficient (Wildman–Crippen LogP) is 4.10. The van der Waals surface area contributed by atoms with Crippen LogP contribution in [0.4, 0.5) is 11.5 Å². The van der Waals surface area contributed by atoms with Gasteiger partial charge in [-0.2, -0.15) is 5.26 Å². The molecule has 28 heavy (non-hydrogen) atoms. The number of aromatic nitrogens is 4. The number of imidazole rings is 1. The van der Waals surface area contributed by atoms with Crippen LogP contribution in [0.25, 0.3) is 11.0 Å². The molecule has 0 fully saturated rings. The lowest BCUT2D eigenvalue weighted by atomic mass is 10.1. The fourth-order valence-electron chi connectivity index (χ4n) is 3.04. The Morgan fingerprint density at radius 1 is 1.04 bits per heavy atom. The molecule has 7 heteroatoms. The maximum absolute atomic E-state index is 8.82. The standard InChI is InChI=1S/C21H18N6O/c1-14-8-16(28-17-5-4-15(10-22)23-11-17)6-7-19(14)27(3)21-9-20-18(12-24-21)25-13-26(20)2/h4-9,11-13H,1-3H3. The SMILES string of the molecule is Cc1cc(Oc2ccc(C#N)nc2)ccc1N(C)c1cc2c(cn1)ncn2C. The van der Waals surface area contributed by atoms with Crippen molar-refractivity contribution in [3.63, 3.8) is 0 Å². The summed E-state index contributed by atoms with van der Waals surface area (Å²) >= 11 is 0. The Hall–Kier alpha value is -3.92. The van der Waals surface area contributed by atoms with Crippen molar-refractivity contribution in [1.82, 2.24) is 19.5 Å². The summed E-state index contributed by atoms with van der Waals surface area (Å²) in [6.45, 7) is 2.03. The molecule has 4 aromatic rings. The first-order chi connectivity index (χ1) is 13.5. The largest absolute Gasteiger partial charge is 0.456 e. The first kappa shape index (κ1) is 17.5. The van der Waals surface area contributed by atoms with Gasteiger partial charge in [-0.3, -0.25) is 0 Å². The summed E-state index contributed by atoms with van der Waals surface area (Å²) in [5, 5.41) is 8.82. The Balaban J connectivity index is 1.59. The van der Waals surface area contributed by atoms with Gasteiger partial charge in [0.05, 0.1) is 24.2 Å². The fourth-order valence-corrected chi connectivity index (χ4v) is 3.04. The van der Waals surface area contributed by atoms with Gasteiger partial charge in [-0.1, -0.05) is 0 Å². The molecule has 0 saturated heterocycles. The molecule has 0 amide bonds. The third-order valence-corrected chi connectivity index (χ3v) is 4.56. The lowest BCUT2D eigenvalue weighted by Gasteiger charge is -2.21. The van der Waals surface area contributed by atoms with Crippen LogP contribution in [-0.2, 0) is 7.05 Å². The monoisotopic (exact) mass is 370 g/mol. The van der Waals surface area contributed by atoms with Crippen molar-refractivity contribution in [1.29, 1.82) is 5.26 Å². The highest BCUT2D eigenvalue weighted by atomic mass is 16.5. The van der Waals surface area contributed by atoms with Crippen LogP contribution in [0, 0.1) is 18.3 Å². The highest BCUT2D eigenvalue weighted by Gasteiger charge is 2.12. The van der Waals surface area contributed by atoms with E-state index in [4.69, 9.17) is 10.00 Å². The van der Waals surface area contributed by atoms with Crippen LogP contribution >= 0.6 is 0 Å². The topological polar surface area (TPSA) is 79.9 Å². The second-order valence-electron chi connectivity index (χ2n) is 6.49. The Kier molecular flexibility index (Phi) is 4.38. The van der Waals surface area contributed by atoms with Crippen LogP contribution in [-0.4, -0.2) is 26.6 Å². The summed E-state index contributed by atoms with van der Waals surface area (Å²) in [4.78, 5) is 14.9. The smallest absolute Gasteiger partial charge is 0.145 e. The van der Waals surface area contributed by atoms with E-state index < -0.39 is 0 Å². The summed E-state index contributed by atoms with van der Waals surface area (Å²) in [7, 11) is 3.95. The molecule has 0 spiro atoms. The van der Waals surface area contributed by atoms with Crippen molar-refractivity contribution >= 4 is 22.5 Å². The Morgan fingerprint density at radius 2 is 1.86 bits per heavy atom. The van der Waals surface area contributed by atoms with Crippen molar-refractivity contribution in [2.24, 2.45) is 7.05 Å². The molecule has 0 aliphatic heterocycles. The summed E-state index contributed by atoms with van der Waals surface area (Å²) < 4.78 is 7.82. The Morgan fingerprint density at radius 3 is 2.57 bits per heavy atom. The number of hydrogen-bond donors (Lipinski definition) is 0. The van der Waals surface area contributed by atoms with Crippen LogP contribution in [0.15, 0.2) is 55.1 Å². The third-order valence-electron chi connectivity index (χ3n) is 4.56. The van der Waals surface area contributed by atoms with Gasteiger partial charge in [0, 0.05) is 25.8 Å². The second-order valence-corrected chi connectivity index (χ2v) is 6.49. The molecule has 3 heterocycles. The molecule has 1 aromatic carbocycles. The van der Waals surface area contributed by atoms with Gasteiger partial charge in [-0.15, -0.1) is 0 Å². The molecule has 0 N–H and O–H groups in total. The van der Waals surface area contributed by atoms with Crippen molar-refractivity contribution < 1.29 is 4.74 Å². The van der Waals surface area contributed by atoms with E-state index >= 15 is 0 Å². The van der Waals surface area contributed by atoms with Crippen molar-refractivity contribution in [3.05, 3.63) is 66.4 Å². The second kappa shape index (κ2) is 7.00. The van der Waals surface area contributed by atoms with Gasteiger partial charge in [0.15, 0.2) is 0 Å². The van der Waals surface area contributed by atoms with Crippen LogP contribution in [0.2, 0.25) is 0 Å². The number of nitrogens with zero attached hydrogens (tertiary/aromatic N) is 6. The molecule has 0 saturated carbocycles. The highest BCUT2D eigenvalue weighted by Crippen LogP contribution is 2.31. The first-order valence-electron chi connectivity index (χ1n) is 8.70. The molecule has 7 nitrogen and oxygen atoms in total. The fraction of sp³-hybridized carbons (Fsp3) is 0.143. The maximum Gasteiger partial charge on any atom is 0.145 e. The summed E-state index contributed by atoms with van der Waals surface area (Å²) in [6.07, 6.45) is 5.11. The lowest BCUT2D eigenvalue weighted by molar-refractivity contribution is 0.480. The minimum absolute atomic E-state index is 0.360. The summed E-state index contributed by atoms with van der Waals surface area (Å²) in [5.74, 6) is 2.13. The molecule has 0 atom stereocenters. The number of aryl methyl sites for hydroxylation is 2. The first-order valence-corrected chi connectivity index (χ1v) is 8.70. The van der Waals surface area contributed by atoms with Gasteiger partial charge >= 0.3 is 0 Å². The van der Waals surface area contributed by atoms with Gasteiger partial charge < -0.3 is 14.2 Å². The average Bonchev–Trinajstić information content (AvgIpc) is 3.08. The number of fused-ring (bicyclic) bond motifs is 1. The van der Waals surface area contributed by atoms with E-state index in [1.165, 1.54) is 0 Å². The number of pyridine rings is 2. The zero-order valence-electron chi connectivity index (χ0n) is 15.8. The van der Waals surface area contributed by atoms with E-state index in [1.54, 1.807) is 30.9 Å². The molecule has 138 valence electrons. The molecular weight excluding hydrogens is 352 g/mol. The highest BCUT2D eigenvalue weighted by molar-refractivity contribution is 5.79. The van der Waals surface area contributed by atoms with Gasteiger partial charge in [0.1, 0.15) is 34.6 Å². The van der Waals surface area contributed by atoms with Crippen LogP contribution in [0.3, 0.4) is 0 Å². The molecule has 0 radical (unpaired) electrons. The molecule has 0 aliphatic rings. The zero-order chi connectivity index (χ0) is 19.7. The average molecular weight is 370 g/mol. The van der Waals surface area contributed by atoms with Gasteiger partial charge in [-0.05, 0) is 42.8 Å². The number of hydrogen-bond acceptors (Lipinski definition) is 6. The number of nitriles is 1. The number of ether oxygens (including phenoxy) is 1. The molecule has 0 bridgehead atoms. The number of benzene rings is 1. The maximum atomic E-state index is 8.82. The summed E-state index contributed by atoms with van der Waals surface area (Å²) in [6, 6.07) is 13.2. The number of rotatable bonds is 4. The van der Waals surface area contributed by atoms with Crippen molar-refractivity contribution in [2.45, 2.75) is 6.92 Å². The molecular formula is C21H18N6O. The minimum atomic E-state index is 0.360. The van der Waals surface area contributed by atoms with Crippen molar-refractivity contribution in [2.75, 3.05) is 11.9 Å². The van der Waals surface area contributed by atoms with Gasteiger partial charge in [-0.25, -0.2) is 15.0 Å². The van der Waals surface area contributed by atoms with Crippen molar-refractivity contribution in [3.8, 4) is 17.6 Å². The quantitative estimate of drug-likeness (QED) is 0.538.